The van der Waals surface area contributed by atoms with E-state index in [0.29, 0.717) is 17.1 Å². The third-order valence-corrected chi connectivity index (χ3v) is 5.06. The fraction of sp³-hybridized carbons (Fsp3) is 0.300. The normalized spacial score (nSPS) is 16.2. The van der Waals surface area contributed by atoms with Crippen LogP contribution in [0, 0.1) is 13.8 Å². The van der Waals surface area contributed by atoms with Gasteiger partial charge in [0.25, 0.3) is 0 Å². The molecule has 1 amide bonds. The molecule has 6 nitrogen and oxygen atoms in total. The van der Waals surface area contributed by atoms with Crippen LogP contribution in [0.3, 0.4) is 0 Å². The van der Waals surface area contributed by atoms with Gasteiger partial charge in [-0.25, -0.2) is 4.79 Å². The Balaban J connectivity index is 1.85. The summed E-state index contributed by atoms with van der Waals surface area (Å²) in [4.78, 5) is 24.5. The number of methoxy groups -OCH3 is 1. The second-order valence-electron chi connectivity index (χ2n) is 6.51. The molecule has 1 aliphatic rings. The number of carbonyl (C=O) groups excluding carboxylic acids is 1. The van der Waals surface area contributed by atoms with E-state index in [4.69, 9.17) is 21.1 Å². The van der Waals surface area contributed by atoms with E-state index in [2.05, 4.69) is 5.32 Å². The van der Waals surface area contributed by atoms with Crippen LogP contribution < -0.4 is 14.8 Å². The molecular weight excluding hydrogens is 370 g/mol. The van der Waals surface area contributed by atoms with Gasteiger partial charge in [-0.15, -0.1) is 0 Å². The van der Waals surface area contributed by atoms with Crippen LogP contribution in [0.25, 0.3) is 0 Å². The van der Waals surface area contributed by atoms with Gasteiger partial charge in [0.1, 0.15) is 24.0 Å². The first-order valence-corrected chi connectivity index (χ1v) is 8.80. The van der Waals surface area contributed by atoms with Crippen molar-refractivity contribution in [1.82, 2.24) is 5.32 Å². The molecule has 2 aromatic rings. The highest BCUT2D eigenvalue weighted by Gasteiger charge is 2.34. The minimum Gasteiger partial charge on any atom is -0.495 e. The first-order chi connectivity index (χ1) is 12.8. The molecule has 27 heavy (non-hydrogen) atoms. The summed E-state index contributed by atoms with van der Waals surface area (Å²) in [6.07, 6.45) is 0. The maximum Gasteiger partial charge on any atom is 0.330 e. The summed E-state index contributed by atoms with van der Waals surface area (Å²) in [5, 5.41) is 12.5. The number of hydrogen-bond donors (Lipinski definition) is 2. The van der Waals surface area contributed by atoms with Crippen LogP contribution in [0.4, 0.5) is 0 Å². The van der Waals surface area contributed by atoms with E-state index in [1.807, 2.05) is 26.0 Å². The largest absolute Gasteiger partial charge is 0.495 e. The lowest BCUT2D eigenvalue weighted by Gasteiger charge is -2.18. The van der Waals surface area contributed by atoms with Crippen molar-refractivity contribution in [1.29, 1.82) is 0 Å². The number of carbonyl (C=O) groups is 2. The Bertz CT molecular complexity index is 911. The highest BCUT2D eigenvalue weighted by Crippen LogP contribution is 2.36. The molecule has 2 unspecified atom stereocenters. The molecule has 0 spiro atoms. The lowest BCUT2D eigenvalue weighted by Crippen LogP contribution is -2.37. The standard InChI is InChI=1S/C20H20ClNO5/c1-10-6-13-14(9-27-17(13)7-11(10)2)19(23)22-18(20(24)25)12-4-5-16(26-3)15(21)8-12/h4-8,14,18H,9H2,1-3H3,(H,22,23)(H,24,25). The van der Waals surface area contributed by atoms with Gasteiger partial charge in [0.15, 0.2) is 6.04 Å². The second-order valence-corrected chi connectivity index (χ2v) is 6.92. The molecule has 2 atom stereocenters. The second kappa shape index (κ2) is 7.48. The van der Waals surface area contributed by atoms with E-state index in [-0.39, 0.29) is 11.6 Å². The van der Waals surface area contributed by atoms with Crippen LogP contribution in [-0.4, -0.2) is 30.7 Å². The SMILES string of the molecule is COc1ccc(C(NC(=O)C2COc3cc(C)c(C)cc32)C(=O)O)cc1Cl. The van der Waals surface area contributed by atoms with Gasteiger partial charge in [0.2, 0.25) is 5.91 Å². The molecule has 2 N–H and O–H groups in total. The van der Waals surface area contributed by atoms with Crippen LogP contribution in [0.1, 0.15) is 34.2 Å². The summed E-state index contributed by atoms with van der Waals surface area (Å²) in [6.45, 7) is 4.11. The third-order valence-electron chi connectivity index (χ3n) is 4.77. The molecule has 0 saturated carbocycles. The molecule has 2 aromatic carbocycles. The molecule has 0 radical (unpaired) electrons. The van der Waals surface area contributed by atoms with Crippen molar-refractivity contribution in [2.75, 3.05) is 13.7 Å². The molecule has 0 aliphatic carbocycles. The molecule has 3 rings (SSSR count). The van der Waals surface area contributed by atoms with Gasteiger partial charge < -0.3 is 19.9 Å². The fourth-order valence-corrected chi connectivity index (χ4v) is 3.35. The number of aliphatic carboxylic acids is 1. The number of halogens is 1. The predicted molar refractivity (Wildman–Crippen MR) is 101 cm³/mol. The van der Waals surface area contributed by atoms with Gasteiger partial charge in [-0.1, -0.05) is 23.7 Å². The van der Waals surface area contributed by atoms with Crippen molar-refractivity contribution in [2.24, 2.45) is 0 Å². The monoisotopic (exact) mass is 389 g/mol. The number of nitrogens with one attached hydrogen (secondary N) is 1. The van der Waals surface area contributed by atoms with Crippen molar-refractivity contribution in [3.8, 4) is 11.5 Å². The van der Waals surface area contributed by atoms with E-state index in [0.717, 1.165) is 16.7 Å². The van der Waals surface area contributed by atoms with Gasteiger partial charge in [-0.2, -0.15) is 0 Å². The van der Waals surface area contributed by atoms with E-state index in [1.165, 1.54) is 13.2 Å². The number of benzene rings is 2. The third kappa shape index (κ3) is 3.71. The van der Waals surface area contributed by atoms with Crippen molar-refractivity contribution >= 4 is 23.5 Å². The molecule has 0 bridgehead atoms. The molecule has 1 heterocycles. The highest BCUT2D eigenvalue weighted by molar-refractivity contribution is 6.32. The average Bonchev–Trinajstić information content (AvgIpc) is 3.02. The quantitative estimate of drug-likeness (QED) is 0.818. The van der Waals surface area contributed by atoms with Crippen LogP contribution >= 0.6 is 11.6 Å². The van der Waals surface area contributed by atoms with E-state index >= 15 is 0 Å². The van der Waals surface area contributed by atoms with Crippen LogP contribution in [0.2, 0.25) is 5.02 Å². The minimum absolute atomic E-state index is 0.180. The van der Waals surface area contributed by atoms with Gasteiger partial charge in [-0.3, -0.25) is 4.79 Å². The molecule has 7 heteroatoms. The Morgan fingerprint density at radius 3 is 2.59 bits per heavy atom. The number of ether oxygens (including phenoxy) is 2. The smallest absolute Gasteiger partial charge is 0.330 e. The fourth-order valence-electron chi connectivity index (χ4n) is 3.08. The number of hydrogen-bond acceptors (Lipinski definition) is 4. The van der Waals surface area contributed by atoms with Gasteiger partial charge in [0.05, 0.1) is 12.1 Å². The van der Waals surface area contributed by atoms with Crippen molar-refractivity contribution < 1.29 is 24.2 Å². The Labute approximate surface area is 162 Å². The van der Waals surface area contributed by atoms with Crippen LogP contribution in [0.15, 0.2) is 30.3 Å². The summed E-state index contributed by atoms with van der Waals surface area (Å²) in [5.74, 6) is -1.05. The van der Waals surface area contributed by atoms with Crippen LogP contribution in [0.5, 0.6) is 11.5 Å². The van der Waals surface area contributed by atoms with Crippen molar-refractivity contribution in [2.45, 2.75) is 25.8 Å². The number of amides is 1. The topological polar surface area (TPSA) is 84.9 Å². The summed E-state index contributed by atoms with van der Waals surface area (Å²) >= 11 is 6.09. The number of carboxylic acid groups (broad SMARTS) is 1. The summed E-state index contributed by atoms with van der Waals surface area (Å²) in [6, 6.07) is 7.21. The van der Waals surface area contributed by atoms with Gasteiger partial charge in [0, 0.05) is 5.56 Å². The lowest BCUT2D eigenvalue weighted by molar-refractivity contribution is -0.142. The van der Waals surface area contributed by atoms with E-state index in [9.17, 15) is 14.7 Å². The van der Waals surface area contributed by atoms with Crippen molar-refractivity contribution in [3.05, 3.63) is 57.6 Å². The van der Waals surface area contributed by atoms with E-state index in [1.54, 1.807) is 12.1 Å². The number of aryl methyl sites for hydroxylation is 2. The zero-order valence-corrected chi connectivity index (χ0v) is 16.0. The van der Waals surface area contributed by atoms with Crippen molar-refractivity contribution in [3.63, 3.8) is 0 Å². The maximum atomic E-state index is 12.8. The molecule has 0 aromatic heterocycles. The van der Waals surface area contributed by atoms with Crippen LogP contribution in [-0.2, 0) is 9.59 Å². The van der Waals surface area contributed by atoms with Gasteiger partial charge in [-0.05, 0) is 48.7 Å². The Morgan fingerprint density at radius 2 is 1.96 bits per heavy atom. The molecule has 1 aliphatic heterocycles. The minimum atomic E-state index is -1.23. The molecule has 0 fully saturated rings. The summed E-state index contributed by atoms with van der Waals surface area (Å²) < 4.78 is 10.7. The lowest BCUT2D eigenvalue weighted by atomic mass is 9.95. The Kier molecular flexibility index (Phi) is 5.28. The molecular formula is C20H20ClNO5. The first kappa shape index (κ1) is 19.0. The molecule has 0 saturated heterocycles. The summed E-state index contributed by atoms with van der Waals surface area (Å²) in [5.41, 5.74) is 3.26. The Morgan fingerprint density at radius 1 is 1.26 bits per heavy atom. The first-order valence-electron chi connectivity index (χ1n) is 8.42. The highest BCUT2D eigenvalue weighted by atomic mass is 35.5. The van der Waals surface area contributed by atoms with E-state index < -0.39 is 23.8 Å². The van der Waals surface area contributed by atoms with Gasteiger partial charge >= 0.3 is 5.97 Å². The maximum absolute atomic E-state index is 12.8. The number of carboxylic acids is 1. The summed E-state index contributed by atoms with van der Waals surface area (Å²) in [7, 11) is 1.47. The number of fused-ring (bicyclic) bond motifs is 1. The molecule has 142 valence electrons. The average molecular weight is 390 g/mol. The zero-order chi connectivity index (χ0) is 19.7. The predicted octanol–water partition coefficient (Wildman–Crippen LogP) is 3.38. The number of rotatable bonds is 5. The zero-order valence-electron chi connectivity index (χ0n) is 15.2. The Hall–Kier alpha value is -2.73.